The van der Waals surface area contributed by atoms with Gasteiger partial charge in [-0.15, -0.1) is 0 Å². The fraction of sp³-hybridized carbons (Fsp3) is 0.278. The number of carbonyl (C=O) groups excluding carboxylic acids is 1. The second kappa shape index (κ2) is 7.88. The van der Waals surface area contributed by atoms with Crippen LogP contribution in [0.3, 0.4) is 0 Å². The number of nitrogen functional groups attached to an aromatic ring is 1. The van der Waals surface area contributed by atoms with Gasteiger partial charge in [-0.25, -0.2) is 0 Å². The highest BCUT2D eigenvalue weighted by Gasteiger charge is 2.17. The summed E-state index contributed by atoms with van der Waals surface area (Å²) in [6.07, 6.45) is 0.934. The van der Waals surface area contributed by atoms with Crippen molar-refractivity contribution in [3.63, 3.8) is 0 Å². The second-order valence-electron chi connectivity index (χ2n) is 5.30. The molecule has 2 aromatic rings. The third-order valence-electron chi connectivity index (χ3n) is 3.84. The molecule has 3 N–H and O–H groups in total. The first kappa shape index (κ1) is 17.2. The molecule has 0 saturated heterocycles. The van der Waals surface area contributed by atoms with Crippen molar-refractivity contribution < 1.29 is 9.53 Å². The molecule has 0 radical (unpaired) electrons. The van der Waals surface area contributed by atoms with E-state index in [4.69, 9.17) is 22.1 Å². The highest BCUT2D eigenvalue weighted by Crippen LogP contribution is 2.29. The fourth-order valence-electron chi connectivity index (χ4n) is 2.45. The topological polar surface area (TPSA) is 64.4 Å². The van der Waals surface area contributed by atoms with Crippen molar-refractivity contribution in [1.29, 1.82) is 0 Å². The van der Waals surface area contributed by atoms with E-state index >= 15 is 0 Å². The van der Waals surface area contributed by atoms with Crippen LogP contribution in [-0.4, -0.2) is 19.6 Å². The molecule has 5 heteroatoms. The van der Waals surface area contributed by atoms with Gasteiger partial charge in [-0.05, 0) is 18.1 Å². The Morgan fingerprint density at radius 2 is 2.00 bits per heavy atom. The van der Waals surface area contributed by atoms with Gasteiger partial charge in [0.1, 0.15) is 5.75 Å². The summed E-state index contributed by atoms with van der Waals surface area (Å²) in [6, 6.07) is 13.2. The number of carbonyl (C=O) groups is 1. The number of amides is 1. The molecule has 0 aliphatic rings. The number of hydrogen-bond donors (Lipinski definition) is 2. The monoisotopic (exact) mass is 332 g/mol. The zero-order chi connectivity index (χ0) is 16.8. The van der Waals surface area contributed by atoms with E-state index in [-0.39, 0.29) is 11.8 Å². The van der Waals surface area contributed by atoms with Crippen LogP contribution in [0, 0.1) is 0 Å². The van der Waals surface area contributed by atoms with Crippen molar-refractivity contribution in [2.75, 3.05) is 19.4 Å². The summed E-state index contributed by atoms with van der Waals surface area (Å²) in [5.41, 5.74) is 7.72. The number of hydrogen-bond acceptors (Lipinski definition) is 3. The number of anilines is 1. The van der Waals surface area contributed by atoms with Crippen molar-refractivity contribution in [2.45, 2.75) is 19.3 Å². The fourth-order valence-corrected chi connectivity index (χ4v) is 2.61. The van der Waals surface area contributed by atoms with Gasteiger partial charge < -0.3 is 15.8 Å². The first-order valence-corrected chi connectivity index (χ1v) is 7.90. The Kier molecular flexibility index (Phi) is 5.88. The van der Waals surface area contributed by atoms with Gasteiger partial charge in [0.05, 0.1) is 23.4 Å². The van der Waals surface area contributed by atoms with Gasteiger partial charge in [0.15, 0.2) is 0 Å². The predicted molar refractivity (Wildman–Crippen MR) is 94.2 cm³/mol. The molecule has 2 rings (SSSR count). The number of nitrogens with two attached hydrogens (primary N) is 1. The summed E-state index contributed by atoms with van der Waals surface area (Å²) in [5, 5.41) is 3.29. The minimum atomic E-state index is -0.224. The maximum absolute atomic E-state index is 12.4. The summed E-state index contributed by atoms with van der Waals surface area (Å²) < 4.78 is 5.22. The Hall–Kier alpha value is -2.20. The predicted octanol–water partition coefficient (Wildman–Crippen LogP) is 3.85. The SMILES string of the molecule is CCC(CNC(=O)c1cc(Cl)c(N)cc1OC)c1ccccc1. The van der Waals surface area contributed by atoms with E-state index in [0.717, 1.165) is 6.42 Å². The van der Waals surface area contributed by atoms with Crippen molar-refractivity contribution in [3.05, 3.63) is 58.6 Å². The molecule has 0 spiro atoms. The summed E-state index contributed by atoms with van der Waals surface area (Å²) in [4.78, 5) is 12.4. The highest BCUT2D eigenvalue weighted by molar-refractivity contribution is 6.33. The molecule has 1 atom stereocenters. The van der Waals surface area contributed by atoms with E-state index in [1.807, 2.05) is 18.2 Å². The number of nitrogens with one attached hydrogen (secondary N) is 1. The molecule has 0 aliphatic carbocycles. The molecule has 4 nitrogen and oxygen atoms in total. The third kappa shape index (κ3) is 4.17. The lowest BCUT2D eigenvalue weighted by atomic mass is 9.96. The van der Waals surface area contributed by atoms with E-state index in [2.05, 4.69) is 24.4 Å². The minimum absolute atomic E-state index is 0.224. The molecule has 2 aromatic carbocycles. The van der Waals surface area contributed by atoms with Crippen LogP contribution < -0.4 is 15.8 Å². The summed E-state index contributed by atoms with van der Waals surface area (Å²) >= 11 is 6.01. The maximum atomic E-state index is 12.4. The molecule has 0 bridgehead atoms. The lowest BCUT2D eigenvalue weighted by Gasteiger charge is -2.17. The van der Waals surface area contributed by atoms with Crippen molar-refractivity contribution in [3.8, 4) is 5.75 Å². The maximum Gasteiger partial charge on any atom is 0.255 e. The first-order valence-electron chi connectivity index (χ1n) is 7.53. The summed E-state index contributed by atoms with van der Waals surface area (Å²) in [7, 11) is 1.50. The van der Waals surface area contributed by atoms with Crippen LogP contribution in [0.5, 0.6) is 5.75 Å². The Morgan fingerprint density at radius 1 is 1.30 bits per heavy atom. The van der Waals surface area contributed by atoms with Crippen LogP contribution in [0.1, 0.15) is 35.2 Å². The molecule has 122 valence electrons. The number of methoxy groups -OCH3 is 1. The van der Waals surface area contributed by atoms with Crippen molar-refractivity contribution in [2.24, 2.45) is 0 Å². The molecular weight excluding hydrogens is 312 g/mol. The second-order valence-corrected chi connectivity index (χ2v) is 5.71. The zero-order valence-corrected chi connectivity index (χ0v) is 14.1. The number of benzene rings is 2. The van der Waals surface area contributed by atoms with E-state index in [1.54, 1.807) is 6.07 Å². The van der Waals surface area contributed by atoms with Gasteiger partial charge in [0, 0.05) is 18.5 Å². The molecule has 1 unspecified atom stereocenters. The van der Waals surface area contributed by atoms with Crippen LogP contribution in [-0.2, 0) is 0 Å². The summed E-state index contributed by atoms with van der Waals surface area (Å²) in [6.45, 7) is 2.65. The van der Waals surface area contributed by atoms with Crippen LogP contribution in [0.15, 0.2) is 42.5 Å². The van der Waals surface area contributed by atoms with Gasteiger partial charge in [0.25, 0.3) is 5.91 Å². The van der Waals surface area contributed by atoms with E-state index in [9.17, 15) is 4.79 Å². The Balaban J connectivity index is 2.11. The Bertz CT molecular complexity index is 674. The normalized spacial score (nSPS) is 11.8. The van der Waals surface area contributed by atoms with E-state index < -0.39 is 0 Å². The van der Waals surface area contributed by atoms with Crippen molar-refractivity contribution in [1.82, 2.24) is 5.32 Å². The Morgan fingerprint density at radius 3 is 2.61 bits per heavy atom. The first-order chi connectivity index (χ1) is 11.1. The van der Waals surface area contributed by atoms with Crippen LogP contribution in [0.4, 0.5) is 5.69 Å². The average Bonchev–Trinajstić information content (AvgIpc) is 2.58. The molecule has 1 amide bonds. The molecule has 0 aliphatic heterocycles. The smallest absolute Gasteiger partial charge is 0.255 e. The molecule has 0 aromatic heterocycles. The number of halogens is 1. The summed E-state index contributed by atoms with van der Waals surface area (Å²) in [5.74, 6) is 0.450. The molecular formula is C18H21ClN2O2. The molecule has 23 heavy (non-hydrogen) atoms. The average molecular weight is 333 g/mol. The van der Waals surface area contributed by atoms with Gasteiger partial charge in [-0.2, -0.15) is 0 Å². The zero-order valence-electron chi connectivity index (χ0n) is 13.3. The van der Waals surface area contributed by atoms with Crippen LogP contribution in [0.2, 0.25) is 5.02 Å². The van der Waals surface area contributed by atoms with Gasteiger partial charge >= 0.3 is 0 Å². The largest absolute Gasteiger partial charge is 0.496 e. The van der Waals surface area contributed by atoms with Crippen LogP contribution >= 0.6 is 11.6 Å². The van der Waals surface area contributed by atoms with Gasteiger partial charge in [-0.1, -0.05) is 48.9 Å². The van der Waals surface area contributed by atoms with E-state index in [1.165, 1.54) is 18.7 Å². The lowest BCUT2D eigenvalue weighted by molar-refractivity contribution is 0.0948. The number of ether oxygens (including phenoxy) is 1. The molecule has 0 saturated carbocycles. The van der Waals surface area contributed by atoms with Gasteiger partial charge in [-0.3, -0.25) is 4.79 Å². The van der Waals surface area contributed by atoms with Gasteiger partial charge in [0.2, 0.25) is 0 Å². The Labute approximate surface area is 141 Å². The third-order valence-corrected chi connectivity index (χ3v) is 4.16. The van der Waals surface area contributed by atoms with E-state index in [0.29, 0.717) is 28.6 Å². The van der Waals surface area contributed by atoms with Crippen molar-refractivity contribution >= 4 is 23.2 Å². The minimum Gasteiger partial charge on any atom is -0.496 e. The molecule has 0 heterocycles. The quantitative estimate of drug-likeness (QED) is 0.790. The number of rotatable bonds is 6. The standard InChI is InChI=1S/C18H21ClN2O2/c1-3-12(13-7-5-4-6-8-13)11-21-18(22)14-9-15(19)16(20)10-17(14)23-2/h4-10,12H,3,11,20H2,1-2H3,(H,21,22). The van der Waals surface area contributed by atoms with Crippen LogP contribution in [0.25, 0.3) is 0 Å². The molecule has 0 fully saturated rings. The lowest BCUT2D eigenvalue weighted by Crippen LogP contribution is -2.28. The highest BCUT2D eigenvalue weighted by atomic mass is 35.5.